The molecule has 0 saturated carbocycles. The van der Waals surface area contributed by atoms with Gasteiger partial charge in [0, 0.05) is 55.2 Å². The van der Waals surface area contributed by atoms with Gasteiger partial charge in [-0.3, -0.25) is 14.7 Å². The normalized spacial score (nSPS) is 14.4. The molecule has 1 fully saturated rings. The van der Waals surface area contributed by atoms with Crippen LogP contribution in [0.15, 0.2) is 84.9 Å². The van der Waals surface area contributed by atoms with Crippen molar-refractivity contribution < 1.29 is 4.79 Å². The highest BCUT2D eigenvalue weighted by Crippen LogP contribution is 2.23. The number of fused-ring (bicyclic) bond motifs is 1. The van der Waals surface area contributed by atoms with E-state index in [4.69, 9.17) is 0 Å². The molecule has 5 rings (SSSR count). The van der Waals surface area contributed by atoms with Gasteiger partial charge in [0.15, 0.2) is 0 Å². The third-order valence-electron chi connectivity index (χ3n) is 6.20. The number of benzene rings is 3. The fourth-order valence-electron chi connectivity index (χ4n) is 4.46. The van der Waals surface area contributed by atoms with E-state index in [-0.39, 0.29) is 5.91 Å². The van der Waals surface area contributed by atoms with Crippen molar-refractivity contribution in [1.29, 1.82) is 0 Å². The number of para-hydroxylation sites is 1. The predicted octanol–water partition coefficient (Wildman–Crippen LogP) is 5.12. The number of pyridine rings is 1. The summed E-state index contributed by atoms with van der Waals surface area (Å²) < 4.78 is 0. The summed E-state index contributed by atoms with van der Waals surface area (Å²) in [5.74, 6) is -0.112. The van der Waals surface area contributed by atoms with Crippen molar-refractivity contribution in [3.8, 4) is 0 Å². The van der Waals surface area contributed by atoms with Crippen LogP contribution in [0.2, 0.25) is 0 Å². The zero-order chi connectivity index (χ0) is 22.6. The van der Waals surface area contributed by atoms with Gasteiger partial charge in [0.25, 0.3) is 5.91 Å². The van der Waals surface area contributed by atoms with Gasteiger partial charge in [0.1, 0.15) is 0 Å². The molecule has 0 bridgehead atoms. The smallest absolute Gasteiger partial charge is 0.256 e. The SMILES string of the molecule is Cc1cc(C(=O)Nc2ccc(N3CCN(Cc4ccccc4)CC3)cc2)c2ccccc2n1. The lowest BCUT2D eigenvalue weighted by atomic mass is 10.1. The first-order chi connectivity index (χ1) is 16.2. The molecule has 33 heavy (non-hydrogen) atoms. The molecule has 1 N–H and O–H groups in total. The number of rotatable bonds is 5. The van der Waals surface area contributed by atoms with Gasteiger partial charge >= 0.3 is 0 Å². The number of aryl methyl sites for hydroxylation is 1. The molecule has 0 spiro atoms. The third-order valence-corrected chi connectivity index (χ3v) is 6.20. The molecule has 5 heteroatoms. The molecular formula is C28H28N4O. The van der Waals surface area contributed by atoms with E-state index in [9.17, 15) is 4.79 Å². The molecule has 0 atom stereocenters. The van der Waals surface area contributed by atoms with E-state index in [2.05, 4.69) is 62.6 Å². The highest BCUT2D eigenvalue weighted by Gasteiger charge is 2.18. The Morgan fingerprint density at radius 1 is 0.879 bits per heavy atom. The Bertz CT molecular complexity index is 1250. The van der Waals surface area contributed by atoms with E-state index in [0.717, 1.165) is 55.0 Å². The minimum Gasteiger partial charge on any atom is -0.369 e. The maximum atomic E-state index is 13.0. The van der Waals surface area contributed by atoms with Gasteiger partial charge in [-0.25, -0.2) is 0 Å². The van der Waals surface area contributed by atoms with Gasteiger partial charge < -0.3 is 10.2 Å². The van der Waals surface area contributed by atoms with Crippen molar-refractivity contribution in [2.45, 2.75) is 13.5 Å². The monoisotopic (exact) mass is 436 g/mol. The number of nitrogens with zero attached hydrogens (tertiary/aromatic N) is 3. The van der Waals surface area contributed by atoms with Gasteiger partial charge in [-0.1, -0.05) is 48.5 Å². The maximum absolute atomic E-state index is 13.0. The molecule has 4 aromatic rings. The number of hydrogen-bond donors (Lipinski definition) is 1. The predicted molar refractivity (Wildman–Crippen MR) is 135 cm³/mol. The quantitative estimate of drug-likeness (QED) is 0.472. The average Bonchev–Trinajstić information content (AvgIpc) is 2.85. The number of anilines is 2. The Morgan fingerprint density at radius 3 is 2.33 bits per heavy atom. The molecule has 3 aromatic carbocycles. The topological polar surface area (TPSA) is 48.5 Å². The van der Waals surface area contributed by atoms with Crippen molar-refractivity contribution in [2.75, 3.05) is 36.4 Å². The molecule has 0 radical (unpaired) electrons. The summed E-state index contributed by atoms with van der Waals surface area (Å²) in [6.45, 7) is 7.01. The lowest BCUT2D eigenvalue weighted by Crippen LogP contribution is -2.45. The lowest BCUT2D eigenvalue weighted by molar-refractivity contribution is 0.102. The summed E-state index contributed by atoms with van der Waals surface area (Å²) in [7, 11) is 0. The van der Waals surface area contributed by atoms with Crippen LogP contribution in [0.4, 0.5) is 11.4 Å². The van der Waals surface area contributed by atoms with Crippen LogP contribution in [0.1, 0.15) is 21.6 Å². The van der Waals surface area contributed by atoms with Crippen molar-refractivity contribution >= 4 is 28.2 Å². The summed E-state index contributed by atoms with van der Waals surface area (Å²) in [6, 6.07) is 28.4. The van der Waals surface area contributed by atoms with E-state index >= 15 is 0 Å². The number of amides is 1. The first kappa shape index (κ1) is 21.2. The molecule has 0 aliphatic carbocycles. The van der Waals surface area contributed by atoms with Crippen LogP contribution in [-0.2, 0) is 6.54 Å². The van der Waals surface area contributed by atoms with Crippen molar-refractivity contribution in [3.63, 3.8) is 0 Å². The molecular weight excluding hydrogens is 408 g/mol. The van der Waals surface area contributed by atoms with Gasteiger partial charge in [-0.05, 0) is 48.9 Å². The summed E-state index contributed by atoms with van der Waals surface area (Å²) in [5.41, 5.74) is 5.67. The van der Waals surface area contributed by atoms with Gasteiger partial charge in [0.2, 0.25) is 0 Å². The van der Waals surface area contributed by atoms with Gasteiger partial charge in [-0.15, -0.1) is 0 Å². The van der Waals surface area contributed by atoms with Crippen LogP contribution in [0.5, 0.6) is 0 Å². The summed E-state index contributed by atoms with van der Waals surface area (Å²) >= 11 is 0. The van der Waals surface area contributed by atoms with Crippen molar-refractivity contribution in [1.82, 2.24) is 9.88 Å². The zero-order valence-electron chi connectivity index (χ0n) is 18.9. The second-order valence-corrected chi connectivity index (χ2v) is 8.58. The van der Waals surface area contributed by atoms with Crippen LogP contribution < -0.4 is 10.2 Å². The number of carbonyl (C=O) groups excluding carboxylic acids is 1. The van der Waals surface area contributed by atoms with E-state index in [1.165, 1.54) is 11.3 Å². The molecule has 1 aliphatic heterocycles. The number of hydrogen-bond acceptors (Lipinski definition) is 4. The summed E-state index contributed by atoms with van der Waals surface area (Å²) in [4.78, 5) is 22.4. The van der Waals surface area contributed by atoms with Crippen molar-refractivity contribution in [3.05, 3.63) is 102 Å². The van der Waals surface area contributed by atoms with Crippen LogP contribution in [0.3, 0.4) is 0 Å². The average molecular weight is 437 g/mol. The number of carbonyl (C=O) groups is 1. The molecule has 2 heterocycles. The second-order valence-electron chi connectivity index (χ2n) is 8.58. The largest absolute Gasteiger partial charge is 0.369 e. The Kier molecular flexibility index (Phi) is 6.05. The molecule has 1 aliphatic rings. The van der Waals surface area contributed by atoms with Gasteiger partial charge in [-0.2, -0.15) is 0 Å². The molecule has 1 aromatic heterocycles. The van der Waals surface area contributed by atoms with E-state index in [1.54, 1.807) is 0 Å². The maximum Gasteiger partial charge on any atom is 0.256 e. The van der Waals surface area contributed by atoms with E-state index < -0.39 is 0 Å². The molecule has 1 saturated heterocycles. The highest BCUT2D eigenvalue weighted by atomic mass is 16.1. The minimum atomic E-state index is -0.112. The first-order valence-corrected chi connectivity index (χ1v) is 11.4. The van der Waals surface area contributed by atoms with Crippen molar-refractivity contribution in [2.24, 2.45) is 0 Å². The molecule has 1 amide bonds. The Morgan fingerprint density at radius 2 is 1.58 bits per heavy atom. The number of aromatic nitrogens is 1. The van der Waals surface area contributed by atoms with Crippen LogP contribution >= 0.6 is 0 Å². The van der Waals surface area contributed by atoms with Gasteiger partial charge in [0.05, 0.1) is 11.1 Å². The Hall–Kier alpha value is -3.70. The second kappa shape index (κ2) is 9.43. The van der Waals surface area contributed by atoms with Crippen LogP contribution in [0.25, 0.3) is 10.9 Å². The van der Waals surface area contributed by atoms with Crippen LogP contribution in [-0.4, -0.2) is 42.0 Å². The Balaban J connectivity index is 1.21. The Labute approximate surface area is 194 Å². The fraction of sp³-hybridized carbons (Fsp3) is 0.214. The molecule has 166 valence electrons. The standard InChI is InChI=1S/C28H28N4O/c1-21-19-26(25-9-5-6-10-27(25)29-21)28(33)30-23-11-13-24(14-12-23)32-17-15-31(16-18-32)20-22-7-3-2-4-8-22/h2-14,19H,15-18,20H2,1H3,(H,30,33). The number of piperazine rings is 1. The lowest BCUT2D eigenvalue weighted by Gasteiger charge is -2.36. The van der Waals surface area contributed by atoms with E-state index in [0.29, 0.717) is 5.56 Å². The first-order valence-electron chi connectivity index (χ1n) is 11.4. The fourth-order valence-corrected chi connectivity index (χ4v) is 4.46. The number of nitrogens with one attached hydrogen (secondary N) is 1. The third kappa shape index (κ3) is 4.89. The molecule has 5 nitrogen and oxygen atoms in total. The minimum absolute atomic E-state index is 0.112. The molecule has 0 unspecified atom stereocenters. The van der Waals surface area contributed by atoms with Crippen LogP contribution in [0, 0.1) is 6.92 Å². The zero-order valence-corrected chi connectivity index (χ0v) is 18.9. The summed E-state index contributed by atoms with van der Waals surface area (Å²) in [5, 5.41) is 3.91. The highest BCUT2D eigenvalue weighted by molar-refractivity contribution is 6.12. The summed E-state index contributed by atoms with van der Waals surface area (Å²) in [6.07, 6.45) is 0. The van der Waals surface area contributed by atoms with E-state index in [1.807, 2.05) is 49.4 Å².